The number of nitrogens with one attached hydrogen (secondary N) is 1. The first-order chi connectivity index (χ1) is 13.6. The van der Waals surface area contributed by atoms with Crippen LogP contribution < -0.4 is 5.32 Å². The van der Waals surface area contributed by atoms with E-state index in [9.17, 15) is 0 Å². The zero-order valence-corrected chi connectivity index (χ0v) is 16.2. The number of hydrogen-bond donors (Lipinski definition) is 1. The normalized spacial score (nSPS) is 13.9. The predicted octanol–water partition coefficient (Wildman–Crippen LogP) is 7.40. The fourth-order valence-corrected chi connectivity index (χ4v) is 4.46. The Hall–Kier alpha value is -3.32. The molecular weight excluding hydrogens is 338 g/mol. The third-order valence-corrected chi connectivity index (χ3v) is 5.86. The van der Waals surface area contributed by atoms with Gasteiger partial charge in [-0.2, -0.15) is 0 Å². The van der Waals surface area contributed by atoms with Crippen LogP contribution in [0.15, 0.2) is 97.1 Å². The predicted molar refractivity (Wildman–Crippen MR) is 119 cm³/mol. The van der Waals surface area contributed by atoms with Crippen molar-refractivity contribution < 1.29 is 0 Å². The second-order valence-electron chi connectivity index (χ2n) is 7.97. The van der Waals surface area contributed by atoms with E-state index in [1.807, 2.05) is 0 Å². The van der Waals surface area contributed by atoms with Crippen molar-refractivity contribution >= 4 is 11.4 Å². The summed E-state index contributed by atoms with van der Waals surface area (Å²) >= 11 is 0. The third-order valence-electron chi connectivity index (χ3n) is 5.86. The molecule has 1 aliphatic heterocycles. The van der Waals surface area contributed by atoms with E-state index in [4.69, 9.17) is 0 Å². The largest absolute Gasteiger partial charge is 0.355 e. The molecule has 0 aliphatic carbocycles. The highest BCUT2D eigenvalue weighted by Gasteiger charge is 2.34. The van der Waals surface area contributed by atoms with Gasteiger partial charge in [-0.25, -0.2) is 0 Å². The number of fused-ring (bicyclic) bond motifs is 2. The van der Waals surface area contributed by atoms with Crippen LogP contribution in [0.4, 0.5) is 11.4 Å². The molecule has 0 saturated carbocycles. The molecule has 1 heteroatoms. The highest BCUT2D eigenvalue weighted by molar-refractivity contribution is 5.84. The summed E-state index contributed by atoms with van der Waals surface area (Å²) in [6.45, 7) is 4.65. The Kier molecular flexibility index (Phi) is 3.84. The standard InChI is InChI=1S/C27H23N/c1-27(2)23-12-6-7-13-24(23)28-25-14-8-11-22(26(25)27)21-17-15-20(16-18-21)19-9-4-3-5-10-19/h3-18,28H,1-2H3. The van der Waals surface area contributed by atoms with E-state index in [1.165, 1.54) is 44.8 Å². The monoisotopic (exact) mass is 361 g/mol. The average molecular weight is 361 g/mol. The van der Waals surface area contributed by atoms with Gasteiger partial charge in [-0.1, -0.05) is 98.8 Å². The van der Waals surface area contributed by atoms with Gasteiger partial charge in [0.05, 0.1) is 0 Å². The van der Waals surface area contributed by atoms with Gasteiger partial charge in [0.15, 0.2) is 0 Å². The maximum atomic E-state index is 3.64. The lowest BCUT2D eigenvalue weighted by Crippen LogP contribution is -2.26. The highest BCUT2D eigenvalue weighted by Crippen LogP contribution is 2.49. The number of rotatable bonds is 2. The minimum absolute atomic E-state index is 0.0636. The molecule has 1 heterocycles. The van der Waals surface area contributed by atoms with Gasteiger partial charge in [-0.05, 0) is 45.5 Å². The van der Waals surface area contributed by atoms with Crippen LogP contribution >= 0.6 is 0 Å². The van der Waals surface area contributed by atoms with Gasteiger partial charge in [-0.3, -0.25) is 0 Å². The fourth-order valence-electron chi connectivity index (χ4n) is 4.46. The van der Waals surface area contributed by atoms with Gasteiger partial charge < -0.3 is 5.32 Å². The Balaban J connectivity index is 1.62. The summed E-state index contributed by atoms with van der Waals surface area (Å²) in [5, 5.41) is 3.64. The van der Waals surface area contributed by atoms with Crippen LogP contribution in [0.1, 0.15) is 25.0 Å². The molecule has 4 aromatic carbocycles. The van der Waals surface area contributed by atoms with Crippen LogP contribution in [0.2, 0.25) is 0 Å². The Bertz CT molecular complexity index is 1140. The molecule has 0 atom stereocenters. The number of anilines is 2. The Labute approximate surface area is 166 Å². The molecule has 0 radical (unpaired) electrons. The van der Waals surface area contributed by atoms with Crippen molar-refractivity contribution in [3.63, 3.8) is 0 Å². The van der Waals surface area contributed by atoms with Crippen LogP contribution in [0.3, 0.4) is 0 Å². The molecule has 1 nitrogen and oxygen atoms in total. The van der Waals surface area contributed by atoms with Gasteiger partial charge in [0, 0.05) is 16.8 Å². The lowest BCUT2D eigenvalue weighted by atomic mass is 9.71. The van der Waals surface area contributed by atoms with E-state index < -0.39 is 0 Å². The second-order valence-corrected chi connectivity index (χ2v) is 7.97. The molecule has 0 fully saturated rings. The Morgan fingerprint density at radius 2 is 1.14 bits per heavy atom. The lowest BCUT2D eigenvalue weighted by molar-refractivity contribution is 0.640. The summed E-state index contributed by atoms with van der Waals surface area (Å²) in [4.78, 5) is 0. The van der Waals surface area contributed by atoms with E-state index in [0.717, 1.165) is 0 Å². The van der Waals surface area contributed by atoms with E-state index >= 15 is 0 Å². The molecule has 28 heavy (non-hydrogen) atoms. The molecule has 136 valence electrons. The second kappa shape index (κ2) is 6.38. The quantitative estimate of drug-likeness (QED) is 0.392. The molecule has 0 unspecified atom stereocenters. The van der Waals surface area contributed by atoms with Crippen molar-refractivity contribution in [2.75, 3.05) is 5.32 Å². The van der Waals surface area contributed by atoms with Crippen LogP contribution in [-0.4, -0.2) is 0 Å². The van der Waals surface area contributed by atoms with E-state index in [2.05, 4.69) is 116 Å². The topological polar surface area (TPSA) is 12.0 Å². The molecular formula is C27H23N. The van der Waals surface area contributed by atoms with Crippen LogP contribution in [0, 0.1) is 0 Å². The smallest absolute Gasteiger partial charge is 0.0432 e. The molecule has 0 spiro atoms. The van der Waals surface area contributed by atoms with Crippen molar-refractivity contribution in [3.8, 4) is 22.3 Å². The summed E-state index contributed by atoms with van der Waals surface area (Å²) in [5.41, 5.74) is 10.1. The van der Waals surface area contributed by atoms with Crippen molar-refractivity contribution in [2.24, 2.45) is 0 Å². The minimum Gasteiger partial charge on any atom is -0.355 e. The van der Waals surface area contributed by atoms with Crippen LogP contribution in [0.5, 0.6) is 0 Å². The number of benzene rings is 4. The van der Waals surface area contributed by atoms with Crippen molar-refractivity contribution in [1.29, 1.82) is 0 Å². The first-order valence-corrected chi connectivity index (χ1v) is 9.80. The Morgan fingerprint density at radius 1 is 0.536 bits per heavy atom. The van der Waals surface area contributed by atoms with Gasteiger partial charge in [0.25, 0.3) is 0 Å². The summed E-state index contributed by atoms with van der Waals surface area (Å²) in [6, 6.07) is 34.7. The van der Waals surface area contributed by atoms with Gasteiger partial charge in [0.1, 0.15) is 0 Å². The van der Waals surface area contributed by atoms with E-state index in [1.54, 1.807) is 0 Å². The summed E-state index contributed by atoms with van der Waals surface area (Å²) < 4.78 is 0. The van der Waals surface area contributed by atoms with Crippen LogP contribution in [0.25, 0.3) is 22.3 Å². The molecule has 0 amide bonds. The van der Waals surface area contributed by atoms with Crippen molar-refractivity contribution in [3.05, 3.63) is 108 Å². The number of para-hydroxylation sites is 1. The molecule has 1 N–H and O–H groups in total. The molecule has 1 aliphatic rings. The summed E-state index contributed by atoms with van der Waals surface area (Å²) in [7, 11) is 0. The van der Waals surface area contributed by atoms with Gasteiger partial charge >= 0.3 is 0 Å². The number of hydrogen-bond acceptors (Lipinski definition) is 1. The lowest BCUT2D eigenvalue weighted by Gasteiger charge is -2.37. The molecule has 0 saturated heterocycles. The minimum atomic E-state index is -0.0636. The van der Waals surface area contributed by atoms with Crippen molar-refractivity contribution in [2.45, 2.75) is 19.3 Å². The molecule has 5 rings (SSSR count). The van der Waals surface area contributed by atoms with Crippen LogP contribution in [-0.2, 0) is 5.41 Å². The average Bonchev–Trinajstić information content (AvgIpc) is 2.74. The van der Waals surface area contributed by atoms with Gasteiger partial charge in [-0.15, -0.1) is 0 Å². The Morgan fingerprint density at radius 3 is 1.93 bits per heavy atom. The SMILES string of the molecule is CC1(C)c2ccccc2Nc2cccc(-c3ccc(-c4ccccc4)cc3)c21. The fraction of sp³-hybridized carbons (Fsp3) is 0.111. The molecule has 0 bridgehead atoms. The van der Waals surface area contributed by atoms with Crippen molar-refractivity contribution in [1.82, 2.24) is 0 Å². The van der Waals surface area contributed by atoms with Gasteiger partial charge in [0.2, 0.25) is 0 Å². The molecule has 4 aromatic rings. The summed E-state index contributed by atoms with van der Waals surface area (Å²) in [6.07, 6.45) is 0. The first kappa shape index (κ1) is 16.8. The zero-order valence-electron chi connectivity index (χ0n) is 16.2. The zero-order chi connectivity index (χ0) is 19.1. The maximum Gasteiger partial charge on any atom is 0.0432 e. The maximum absolute atomic E-state index is 3.64. The first-order valence-electron chi connectivity index (χ1n) is 9.80. The highest BCUT2D eigenvalue weighted by atomic mass is 14.9. The third kappa shape index (κ3) is 2.63. The van der Waals surface area contributed by atoms with E-state index in [-0.39, 0.29) is 5.41 Å². The summed E-state index contributed by atoms with van der Waals surface area (Å²) in [5.74, 6) is 0. The molecule has 0 aromatic heterocycles. The van der Waals surface area contributed by atoms with E-state index in [0.29, 0.717) is 0 Å².